The Hall–Kier alpha value is -3.68. The van der Waals surface area contributed by atoms with Crippen LogP contribution in [0.3, 0.4) is 0 Å². The number of nitrogens with one attached hydrogen (secondary N) is 1. The number of amides is 2. The zero-order valence-electron chi connectivity index (χ0n) is 15.8. The van der Waals surface area contributed by atoms with Crippen LogP contribution in [0.5, 0.6) is 0 Å². The standard InChI is InChI=1S/C21H19NO7/c1-12(18(23)22-21(26)27-2)28-19(24)14-8-9-16-15(10-14)11-17(29-20(16)25)13-6-4-3-5-7-13/h3-10,12,17H,11H2,1-2H3,(H,22,23,26)/t12-,17-/m0/s1. The second-order valence-electron chi connectivity index (χ2n) is 6.41. The molecule has 2 amide bonds. The number of carbonyl (C=O) groups excluding carboxylic acids is 4. The first kappa shape index (κ1) is 20.1. The summed E-state index contributed by atoms with van der Waals surface area (Å²) >= 11 is 0. The summed E-state index contributed by atoms with van der Waals surface area (Å²) in [7, 11) is 1.11. The average Bonchev–Trinajstić information content (AvgIpc) is 2.73. The third-order valence-electron chi connectivity index (χ3n) is 4.45. The van der Waals surface area contributed by atoms with Crippen molar-refractivity contribution in [3.05, 3.63) is 70.8 Å². The van der Waals surface area contributed by atoms with Gasteiger partial charge in [-0.2, -0.15) is 0 Å². The summed E-state index contributed by atoms with van der Waals surface area (Å²) in [6, 6.07) is 13.8. The molecule has 0 aliphatic carbocycles. The molecule has 2 atom stereocenters. The number of fused-ring (bicyclic) bond motifs is 1. The van der Waals surface area contributed by atoms with Gasteiger partial charge in [-0.25, -0.2) is 14.4 Å². The lowest BCUT2D eigenvalue weighted by atomic mass is 9.93. The Morgan fingerprint density at radius 3 is 2.55 bits per heavy atom. The van der Waals surface area contributed by atoms with Gasteiger partial charge in [0.1, 0.15) is 6.10 Å². The van der Waals surface area contributed by atoms with Gasteiger partial charge < -0.3 is 14.2 Å². The number of hydrogen-bond donors (Lipinski definition) is 1. The summed E-state index contributed by atoms with van der Waals surface area (Å²) in [6.45, 7) is 1.33. The van der Waals surface area contributed by atoms with Crippen LogP contribution in [-0.2, 0) is 25.4 Å². The van der Waals surface area contributed by atoms with Crippen LogP contribution < -0.4 is 5.32 Å². The summed E-state index contributed by atoms with van der Waals surface area (Å²) < 4.78 is 14.9. The first-order valence-electron chi connectivity index (χ1n) is 8.87. The van der Waals surface area contributed by atoms with E-state index in [9.17, 15) is 19.2 Å². The van der Waals surface area contributed by atoms with Crippen LogP contribution in [-0.4, -0.2) is 37.2 Å². The maximum absolute atomic E-state index is 12.4. The number of rotatable bonds is 4. The summed E-state index contributed by atoms with van der Waals surface area (Å²) in [5.74, 6) is -2.03. The number of methoxy groups -OCH3 is 1. The molecule has 0 radical (unpaired) electrons. The van der Waals surface area contributed by atoms with Gasteiger partial charge in [0, 0.05) is 6.42 Å². The molecule has 0 saturated heterocycles. The van der Waals surface area contributed by atoms with E-state index < -0.39 is 36.1 Å². The highest BCUT2D eigenvalue weighted by molar-refractivity contribution is 5.98. The number of cyclic esters (lactones) is 1. The van der Waals surface area contributed by atoms with E-state index in [-0.39, 0.29) is 5.56 Å². The molecule has 0 spiro atoms. The van der Waals surface area contributed by atoms with Gasteiger partial charge in [-0.3, -0.25) is 10.1 Å². The minimum atomic E-state index is -1.21. The van der Waals surface area contributed by atoms with Gasteiger partial charge >= 0.3 is 18.0 Å². The molecule has 0 unspecified atom stereocenters. The highest BCUT2D eigenvalue weighted by Crippen LogP contribution is 2.31. The normalized spacial score (nSPS) is 16.1. The number of ether oxygens (including phenoxy) is 3. The largest absolute Gasteiger partial charge is 0.454 e. The van der Waals surface area contributed by atoms with Crippen molar-refractivity contribution in [3.63, 3.8) is 0 Å². The second kappa shape index (κ2) is 8.55. The molecule has 1 aliphatic heterocycles. The van der Waals surface area contributed by atoms with Crippen molar-refractivity contribution in [3.8, 4) is 0 Å². The van der Waals surface area contributed by atoms with Gasteiger partial charge in [0.15, 0.2) is 6.10 Å². The van der Waals surface area contributed by atoms with E-state index in [0.717, 1.165) is 12.7 Å². The zero-order chi connectivity index (χ0) is 21.0. The first-order valence-corrected chi connectivity index (χ1v) is 8.87. The molecule has 8 heteroatoms. The van der Waals surface area contributed by atoms with E-state index in [1.165, 1.54) is 19.1 Å². The smallest absolute Gasteiger partial charge is 0.413 e. The molecule has 2 aromatic rings. The van der Waals surface area contributed by atoms with Crippen molar-refractivity contribution in [2.45, 2.75) is 25.6 Å². The van der Waals surface area contributed by atoms with Gasteiger partial charge in [-0.05, 0) is 36.2 Å². The summed E-state index contributed by atoms with van der Waals surface area (Å²) in [5, 5.41) is 1.93. The Labute approximate surface area is 166 Å². The minimum Gasteiger partial charge on any atom is -0.454 e. The van der Waals surface area contributed by atoms with E-state index >= 15 is 0 Å². The molecule has 29 heavy (non-hydrogen) atoms. The molecule has 0 aromatic heterocycles. The number of hydrogen-bond acceptors (Lipinski definition) is 7. The topological polar surface area (TPSA) is 108 Å². The van der Waals surface area contributed by atoms with Crippen LogP contribution in [0.2, 0.25) is 0 Å². The van der Waals surface area contributed by atoms with Gasteiger partial charge in [0.05, 0.1) is 18.2 Å². The zero-order valence-corrected chi connectivity index (χ0v) is 15.8. The van der Waals surface area contributed by atoms with Gasteiger partial charge in [0.2, 0.25) is 0 Å². The quantitative estimate of drug-likeness (QED) is 0.624. The van der Waals surface area contributed by atoms with Crippen molar-refractivity contribution in [2.75, 3.05) is 7.11 Å². The SMILES string of the molecule is COC(=O)NC(=O)[C@H](C)OC(=O)c1ccc2c(c1)C[C@@H](c1ccccc1)OC2=O. The second-order valence-corrected chi connectivity index (χ2v) is 6.41. The Bertz CT molecular complexity index is 955. The van der Waals surface area contributed by atoms with Gasteiger partial charge in [0.25, 0.3) is 5.91 Å². The monoisotopic (exact) mass is 397 g/mol. The average molecular weight is 397 g/mol. The fourth-order valence-corrected chi connectivity index (χ4v) is 2.91. The predicted molar refractivity (Wildman–Crippen MR) is 100 cm³/mol. The van der Waals surface area contributed by atoms with Crippen molar-refractivity contribution in [1.82, 2.24) is 5.32 Å². The van der Waals surface area contributed by atoms with E-state index in [0.29, 0.717) is 17.5 Å². The molecular formula is C21H19NO7. The van der Waals surface area contributed by atoms with E-state index in [2.05, 4.69) is 4.74 Å². The third kappa shape index (κ3) is 4.60. The van der Waals surface area contributed by atoms with Crippen LogP contribution in [0, 0.1) is 0 Å². The van der Waals surface area contributed by atoms with E-state index in [1.807, 2.05) is 35.6 Å². The van der Waals surface area contributed by atoms with Crippen LogP contribution in [0.4, 0.5) is 4.79 Å². The molecule has 1 aliphatic rings. The minimum absolute atomic E-state index is 0.183. The third-order valence-corrected chi connectivity index (χ3v) is 4.45. The molecule has 150 valence electrons. The Kier molecular flexibility index (Phi) is 5.92. The fourth-order valence-electron chi connectivity index (χ4n) is 2.91. The fraction of sp³-hybridized carbons (Fsp3) is 0.238. The molecule has 1 heterocycles. The van der Waals surface area contributed by atoms with Crippen molar-refractivity contribution >= 4 is 23.9 Å². The van der Waals surface area contributed by atoms with Crippen molar-refractivity contribution < 1.29 is 33.4 Å². The number of imide groups is 1. The van der Waals surface area contributed by atoms with Crippen molar-refractivity contribution in [1.29, 1.82) is 0 Å². The van der Waals surface area contributed by atoms with Crippen molar-refractivity contribution in [2.24, 2.45) is 0 Å². The Morgan fingerprint density at radius 2 is 1.86 bits per heavy atom. The maximum atomic E-state index is 12.4. The number of benzene rings is 2. The molecule has 1 N–H and O–H groups in total. The van der Waals surface area contributed by atoms with E-state index in [1.54, 1.807) is 6.07 Å². The van der Waals surface area contributed by atoms with Crippen LogP contribution >= 0.6 is 0 Å². The first-order chi connectivity index (χ1) is 13.9. The number of alkyl carbamates (subject to hydrolysis) is 1. The highest BCUT2D eigenvalue weighted by atomic mass is 16.6. The number of esters is 2. The van der Waals surface area contributed by atoms with Gasteiger partial charge in [-0.15, -0.1) is 0 Å². The Balaban J connectivity index is 1.74. The Morgan fingerprint density at radius 1 is 1.14 bits per heavy atom. The molecule has 0 bridgehead atoms. The summed E-state index contributed by atoms with van der Waals surface area (Å²) in [4.78, 5) is 47.6. The molecule has 0 fully saturated rings. The lowest BCUT2D eigenvalue weighted by molar-refractivity contribution is -0.128. The summed E-state index contributed by atoms with van der Waals surface area (Å²) in [6.07, 6.45) is -2.20. The lowest BCUT2D eigenvalue weighted by Gasteiger charge is -2.25. The molecule has 0 saturated carbocycles. The summed E-state index contributed by atoms with van der Waals surface area (Å²) in [5.41, 5.74) is 2.07. The van der Waals surface area contributed by atoms with Crippen LogP contribution in [0.25, 0.3) is 0 Å². The van der Waals surface area contributed by atoms with Crippen LogP contribution in [0.15, 0.2) is 48.5 Å². The van der Waals surface area contributed by atoms with Crippen LogP contribution in [0.1, 0.15) is 44.9 Å². The number of carbonyl (C=O) groups is 4. The lowest BCUT2D eigenvalue weighted by Crippen LogP contribution is -2.39. The van der Waals surface area contributed by atoms with E-state index in [4.69, 9.17) is 9.47 Å². The highest BCUT2D eigenvalue weighted by Gasteiger charge is 2.29. The predicted octanol–water partition coefficient (Wildman–Crippen LogP) is 2.57. The maximum Gasteiger partial charge on any atom is 0.413 e. The molecule has 8 nitrogen and oxygen atoms in total. The van der Waals surface area contributed by atoms with Gasteiger partial charge in [-0.1, -0.05) is 30.3 Å². The molecule has 2 aromatic carbocycles. The molecular weight excluding hydrogens is 378 g/mol. The molecule has 3 rings (SSSR count).